The number of ether oxygens (including phenoxy) is 1. The maximum Gasteiger partial charge on any atom is 0.346 e. The first kappa shape index (κ1) is 20.4. The van der Waals surface area contributed by atoms with Gasteiger partial charge in [0.25, 0.3) is 0 Å². The lowest BCUT2D eigenvalue weighted by Crippen LogP contribution is -2.42. The Bertz CT molecular complexity index is 817. The number of carboxylic acids is 1. The van der Waals surface area contributed by atoms with Crippen molar-refractivity contribution in [2.45, 2.75) is 33.3 Å². The first-order valence-electron chi connectivity index (χ1n) is 8.60. The molecular weight excluding hydrogens is 353 g/mol. The molecule has 2 unspecified atom stereocenters. The van der Waals surface area contributed by atoms with Crippen molar-refractivity contribution in [1.82, 2.24) is 15.1 Å². The van der Waals surface area contributed by atoms with Crippen molar-refractivity contribution in [3.8, 4) is 5.75 Å². The number of hydrogen-bond donors (Lipinski definition) is 2. The van der Waals surface area contributed by atoms with Gasteiger partial charge in [-0.25, -0.2) is 9.18 Å². The number of amides is 1. The average molecular weight is 377 g/mol. The molecule has 8 heteroatoms. The lowest BCUT2D eigenvalue weighted by atomic mass is 9.99. The summed E-state index contributed by atoms with van der Waals surface area (Å²) in [5.41, 5.74) is 2.88. The molecule has 0 bridgehead atoms. The van der Waals surface area contributed by atoms with Crippen LogP contribution >= 0.6 is 0 Å². The number of aromatic nitrogens is 2. The molecule has 27 heavy (non-hydrogen) atoms. The van der Waals surface area contributed by atoms with Gasteiger partial charge in [0, 0.05) is 18.7 Å². The van der Waals surface area contributed by atoms with Gasteiger partial charge < -0.3 is 15.2 Å². The van der Waals surface area contributed by atoms with Crippen molar-refractivity contribution in [3.63, 3.8) is 0 Å². The number of nitrogens with one attached hydrogen (secondary N) is 1. The largest absolute Gasteiger partial charge is 0.478 e. The van der Waals surface area contributed by atoms with Gasteiger partial charge in [-0.2, -0.15) is 5.10 Å². The van der Waals surface area contributed by atoms with Crippen molar-refractivity contribution in [1.29, 1.82) is 0 Å². The molecule has 0 saturated heterocycles. The number of aliphatic carboxylic acids is 1. The quantitative estimate of drug-likeness (QED) is 0.734. The molecule has 0 aliphatic rings. The maximum atomic E-state index is 12.9. The third-order valence-electron chi connectivity index (χ3n) is 4.45. The summed E-state index contributed by atoms with van der Waals surface area (Å²) in [7, 11) is 1.85. The van der Waals surface area contributed by atoms with Crippen molar-refractivity contribution < 1.29 is 23.8 Å². The molecule has 0 fully saturated rings. The van der Waals surface area contributed by atoms with Crippen molar-refractivity contribution in [2.24, 2.45) is 13.0 Å². The summed E-state index contributed by atoms with van der Waals surface area (Å²) in [6.07, 6.45) is -0.762. The van der Waals surface area contributed by atoms with E-state index in [1.165, 1.54) is 24.3 Å². The minimum Gasteiger partial charge on any atom is -0.478 e. The van der Waals surface area contributed by atoms with E-state index in [0.717, 1.165) is 17.0 Å². The molecule has 1 aromatic heterocycles. The zero-order chi connectivity index (χ0) is 20.1. The Hall–Kier alpha value is -2.90. The zero-order valence-electron chi connectivity index (χ0n) is 15.8. The van der Waals surface area contributed by atoms with E-state index in [-0.39, 0.29) is 24.1 Å². The molecule has 0 aliphatic carbocycles. The first-order chi connectivity index (χ1) is 12.7. The van der Waals surface area contributed by atoms with Crippen LogP contribution in [0.3, 0.4) is 0 Å². The number of rotatable bonds is 8. The van der Waals surface area contributed by atoms with Crippen LogP contribution in [0.2, 0.25) is 0 Å². The molecule has 1 amide bonds. The number of carboxylic acid groups (broad SMARTS) is 1. The number of carbonyl (C=O) groups excluding carboxylic acids is 1. The Morgan fingerprint density at radius 2 is 1.93 bits per heavy atom. The Kier molecular flexibility index (Phi) is 6.55. The Morgan fingerprint density at radius 1 is 1.30 bits per heavy atom. The Morgan fingerprint density at radius 3 is 2.44 bits per heavy atom. The van der Waals surface area contributed by atoms with Gasteiger partial charge in [0.05, 0.1) is 12.2 Å². The molecule has 1 heterocycles. The third-order valence-corrected chi connectivity index (χ3v) is 4.45. The molecule has 0 aliphatic heterocycles. The van der Waals surface area contributed by atoms with Crippen LogP contribution in [0.15, 0.2) is 24.3 Å². The highest BCUT2D eigenvalue weighted by molar-refractivity contribution is 5.80. The van der Waals surface area contributed by atoms with Crippen molar-refractivity contribution >= 4 is 11.9 Å². The maximum absolute atomic E-state index is 12.9. The molecule has 0 radical (unpaired) electrons. The molecule has 7 nitrogen and oxygen atoms in total. The van der Waals surface area contributed by atoms with Gasteiger partial charge in [-0.3, -0.25) is 9.48 Å². The Labute approximate surface area is 157 Å². The standard InChI is InChI=1S/C19H24FN3O4/c1-11(9-16-12(2)22-23(4)13(16)3)18(24)21-10-17(19(25)26)27-15-7-5-14(20)6-8-15/h5-8,11,17H,9-10H2,1-4H3,(H,21,24)(H,25,26). The second kappa shape index (κ2) is 8.66. The Balaban J connectivity index is 1.94. The van der Waals surface area contributed by atoms with Crippen molar-refractivity contribution in [3.05, 3.63) is 47.0 Å². The fraction of sp³-hybridized carbons (Fsp3) is 0.421. The highest BCUT2D eigenvalue weighted by Crippen LogP contribution is 2.17. The summed E-state index contributed by atoms with van der Waals surface area (Å²) in [5, 5.41) is 16.2. The van der Waals surface area contributed by atoms with Crippen LogP contribution in [0, 0.1) is 25.6 Å². The smallest absolute Gasteiger partial charge is 0.346 e. The number of carbonyl (C=O) groups is 2. The third kappa shape index (κ3) is 5.29. The lowest BCUT2D eigenvalue weighted by Gasteiger charge is -2.18. The molecule has 0 saturated carbocycles. The van der Waals surface area contributed by atoms with Gasteiger partial charge in [-0.15, -0.1) is 0 Å². The zero-order valence-corrected chi connectivity index (χ0v) is 15.8. The molecule has 2 aromatic rings. The van der Waals surface area contributed by atoms with E-state index in [1.54, 1.807) is 11.6 Å². The van der Waals surface area contributed by atoms with E-state index < -0.39 is 17.9 Å². The summed E-state index contributed by atoms with van der Waals surface area (Å²) < 4.78 is 20.0. The van der Waals surface area contributed by atoms with Gasteiger partial charge in [-0.1, -0.05) is 6.92 Å². The highest BCUT2D eigenvalue weighted by Gasteiger charge is 2.23. The summed E-state index contributed by atoms with van der Waals surface area (Å²) >= 11 is 0. The lowest BCUT2D eigenvalue weighted by molar-refractivity contribution is -0.145. The highest BCUT2D eigenvalue weighted by atomic mass is 19.1. The number of benzene rings is 1. The van der Waals surface area contributed by atoms with Crippen LogP contribution < -0.4 is 10.1 Å². The fourth-order valence-electron chi connectivity index (χ4n) is 2.74. The topological polar surface area (TPSA) is 93.5 Å². The summed E-state index contributed by atoms with van der Waals surface area (Å²) in [5.74, 6) is -2.07. The van der Waals surface area contributed by atoms with E-state index in [2.05, 4.69) is 10.4 Å². The fourth-order valence-corrected chi connectivity index (χ4v) is 2.74. The van der Waals surface area contributed by atoms with Crippen LogP contribution in [0.4, 0.5) is 4.39 Å². The van der Waals surface area contributed by atoms with Crippen LogP contribution in [-0.2, 0) is 23.1 Å². The SMILES string of the molecule is Cc1nn(C)c(C)c1CC(C)C(=O)NCC(Oc1ccc(F)cc1)C(=O)O. The average Bonchev–Trinajstić information content (AvgIpc) is 2.85. The number of halogens is 1. The second-order valence-corrected chi connectivity index (χ2v) is 6.52. The minimum absolute atomic E-state index is 0.194. The predicted octanol–water partition coefficient (Wildman–Crippen LogP) is 2.00. The van der Waals surface area contributed by atoms with Crippen LogP contribution in [-0.4, -0.2) is 39.4 Å². The van der Waals surface area contributed by atoms with E-state index in [0.29, 0.717) is 6.42 Å². The van der Waals surface area contributed by atoms with Gasteiger partial charge in [-0.05, 0) is 50.1 Å². The van der Waals surface area contributed by atoms with Gasteiger partial charge in [0.1, 0.15) is 11.6 Å². The number of aryl methyl sites for hydroxylation is 2. The summed E-state index contributed by atoms with van der Waals surface area (Å²) in [6, 6.07) is 5.02. The van der Waals surface area contributed by atoms with E-state index >= 15 is 0 Å². The van der Waals surface area contributed by atoms with Gasteiger partial charge in [0.15, 0.2) is 0 Å². The number of nitrogens with zero attached hydrogens (tertiary/aromatic N) is 2. The van der Waals surface area contributed by atoms with Crippen LogP contribution in [0.1, 0.15) is 23.9 Å². The minimum atomic E-state index is -1.27. The van der Waals surface area contributed by atoms with Crippen LogP contribution in [0.25, 0.3) is 0 Å². The van der Waals surface area contributed by atoms with E-state index in [1.807, 2.05) is 20.9 Å². The molecule has 2 rings (SSSR count). The van der Waals surface area contributed by atoms with E-state index in [9.17, 15) is 19.1 Å². The predicted molar refractivity (Wildman–Crippen MR) is 97.0 cm³/mol. The van der Waals surface area contributed by atoms with Gasteiger partial charge >= 0.3 is 5.97 Å². The van der Waals surface area contributed by atoms with Crippen molar-refractivity contribution in [2.75, 3.05) is 6.54 Å². The van der Waals surface area contributed by atoms with E-state index in [4.69, 9.17) is 4.74 Å². The first-order valence-corrected chi connectivity index (χ1v) is 8.60. The second-order valence-electron chi connectivity index (χ2n) is 6.52. The normalized spacial score (nSPS) is 13.1. The summed E-state index contributed by atoms with van der Waals surface area (Å²) in [6.45, 7) is 5.42. The monoisotopic (exact) mass is 377 g/mol. The summed E-state index contributed by atoms with van der Waals surface area (Å²) in [4.78, 5) is 23.7. The van der Waals surface area contributed by atoms with Crippen LogP contribution in [0.5, 0.6) is 5.75 Å². The molecule has 1 aromatic carbocycles. The molecule has 2 N–H and O–H groups in total. The molecule has 0 spiro atoms. The molecule has 2 atom stereocenters. The van der Waals surface area contributed by atoms with Gasteiger partial charge in [0.2, 0.25) is 12.0 Å². The molecular formula is C19H24FN3O4. The number of hydrogen-bond acceptors (Lipinski definition) is 4. The molecule has 146 valence electrons.